The van der Waals surface area contributed by atoms with Crippen molar-refractivity contribution in [1.29, 1.82) is 0 Å². The molecule has 0 aliphatic heterocycles. The second-order valence-electron chi connectivity index (χ2n) is 3.65. The van der Waals surface area contributed by atoms with Crippen LogP contribution in [0.1, 0.15) is 5.01 Å². The van der Waals surface area contributed by atoms with Crippen molar-refractivity contribution in [1.82, 2.24) is 15.0 Å². The number of ether oxygens (including phenoxy) is 1. The monoisotopic (exact) mass is 258 g/mol. The number of nitrogens with zero attached hydrogens (tertiary/aromatic N) is 3. The highest BCUT2D eigenvalue weighted by atomic mass is 32.1. The van der Waals surface area contributed by atoms with Gasteiger partial charge in [0, 0.05) is 24.1 Å². The first-order valence-corrected chi connectivity index (χ1v) is 6.18. The van der Waals surface area contributed by atoms with Gasteiger partial charge in [-0.1, -0.05) is 17.4 Å². The molecule has 0 saturated heterocycles. The molecule has 0 bridgehead atoms. The van der Waals surface area contributed by atoms with Gasteiger partial charge in [-0.2, -0.15) is 0 Å². The van der Waals surface area contributed by atoms with Crippen LogP contribution in [0.4, 0.5) is 5.69 Å². The second kappa shape index (κ2) is 4.58. The van der Waals surface area contributed by atoms with Crippen molar-refractivity contribution < 1.29 is 4.74 Å². The number of thiazole rings is 1. The fraction of sp³-hybridized carbons (Fsp3) is 0.0833. The normalized spacial score (nSPS) is 10.7. The summed E-state index contributed by atoms with van der Waals surface area (Å²) in [5.41, 5.74) is 7.02. The van der Waals surface area contributed by atoms with Crippen LogP contribution in [0, 0.1) is 0 Å². The van der Waals surface area contributed by atoms with Gasteiger partial charge in [0.05, 0.1) is 0 Å². The predicted molar refractivity (Wildman–Crippen MR) is 70.4 cm³/mol. The van der Waals surface area contributed by atoms with Gasteiger partial charge in [0.2, 0.25) is 0 Å². The average molecular weight is 258 g/mol. The quantitative estimate of drug-likeness (QED) is 0.729. The summed E-state index contributed by atoms with van der Waals surface area (Å²) in [7, 11) is 0. The lowest BCUT2D eigenvalue weighted by Crippen LogP contribution is -1.95. The van der Waals surface area contributed by atoms with Crippen LogP contribution in [0.2, 0.25) is 0 Å². The third-order valence-corrected chi connectivity index (χ3v) is 3.24. The van der Waals surface area contributed by atoms with E-state index in [9.17, 15) is 0 Å². The first kappa shape index (κ1) is 10.9. The lowest BCUT2D eigenvalue weighted by atomic mass is 10.3. The highest BCUT2D eigenvalue weighted by Gasteiger charge is 2.05. The summed E-state index contributed by atoms with van der Waals surface area (Å²) in [6.07, 6.45) is 3.29. The van der Waals surface area contributed by atoms with Crippen LogP contribution >= 0.6 is 11.3 Å². The Hall–Kier alpha value is -2.21. The van der Waals surface area contributed by atoms with E-state index >= 15 is 0 Å². The topological polar surface area (TPSA) is 73.9 Å². The highest BCUT2D eigenvalue weighted by Crippen LogP contribution is 2.20. The molecule has 2 aromatic heterocycles. The number of rotatable bonds is 3. The maximum atomic E-state index is 5.68. The molecule has 5 nitrogen and oxygen atoms in total. The zero-order valence-corrected chi connectivity index (χ0v) is 10.2. The molecule has 0 radical (unpaired) electrons. The van der Waals surface area contributed by atoms with Gasteiger partial charge in [-0.05, 0) is 12.1 Å². The van der Waals surface area contributed by atoms with Gasteiger partial charge in [-0.25, -0.2) is 15.0 Å². The number of nitrogen functional groups attached to an aromatic ring is 1. The van der Waals surface area contributed by atoms with E-state index in [1.807, 2.05) is 18.2 Å². The van der Waals surface area contributed by atoms with Gasteiger partial charge in [-0.3, -0.25) is 0 Å². The second-order valence-corrected chi connectivity index (χ2v) is 4.72. The van der Waals surface area contributed by atoms with Crippen molar-refractivity contribution in [3.63, 3.8) is 0 Å². The van der Waals surface area contributed by atoms with Crippen molar-refractivity contribution in [3.05, 3.63) is 41.7 Å². The van der Waals surface area contributed by atoms with Crippen molar-refractivity contribution >= 4 is 27.5 Å². The van der Waals surface area contributed by atoms with E-state index in [2.05, 4.69) is 15.0 Å². The molecule has 2 N–H and O–H groups in total. The SMILES string of the molecule is Nc1cccc(OCc2nc3nccnc3s2)c1. The van der Waals surface area contributed by atoms with E-state index in [1.54, 1.807) is 18.5 Å². The standard InChI is InChI=1S/C12H10N4OS/c13-8-2-1-3-9(6-8)17-7-10-16-11-12(18-10)15-5-4-14-11/h1-6H,7,13H2. The minimum absolute atomic E-state index is 0.395. The van der Waals surface area contributed by atoms with Crippen LogP contribution in [0.3, 0.4) is 0 Å². The lowest BCUT2D eigenvalue weighted by molar-refractivity contribution is 0.306. The molecule has 1 aromatic carbocycles. The minimum Gasteiger partial charge on any atom is -0.486 e. The molecule has 0 aliphatic carbocycles. The number of hydrogen-bond donors (Lipinski definition) is 1. The molecule has 3 aromatic rings. The zero-order valence-electron chi connectivity index (χ0n) is 9.41. The van der Waals surface area contributed by atoms with E-state index in [1.165, 1.54) is 11.3 Å². The van der Waals surface area contributed by atoms with Gasteiger partial charge in [0.15, 0.2) is 10.5 Å². The molecule has 90 valence electrons. The van der Waals surface area contributed by atoms with Crippen molar-refractivity contribution in [3.8, 4) is 5.75 Å². The summed E-state index contributed by atoms with van der Waals surface area (Å²) in [5.74, 6) is 0.732. The Balaban J connectivity index is 1.76. The maximum absolute atomic E-state index is 5.68. The summed E-state index contributed by atoms with van der Waals surface area (Å²) in [4.78, 5) is 13.5. The van der Waals surface area contributed by atoms with E-state index in [0.717, 1.165) is 15.6 Å². The molecule has 0 fully saturated rings. The van der Waals surface area contributed by atoms with Crippen LogP contribution in [0.5, 0.6) is 5.75 Å². The number of benzene rings is 1. The van der Waals surface area contributed by atoms with E-state index < -0.39 is 0 Å². The molecular formula is C12H10N4OS. The third-order valence-electron chi connectivity index (χ3n) is 2.31. The van der Waals surface area contributed by atoms with E-state index in [4.69, 9.17) is 10.5 Å². The summed E-state index contributed by atoms with van der Waals surface area (Å²) >= 11 is 1.48. The van der Waals surface area contributed by atoms with Crippen LogP contribution in [0.25, 0.3) is 10.5 Å². The minimum atomic E-state index is 0.395. The van der Waals surface area contributed by atoms with Crippen molar-refractivity contribution in [2.75, 3.05) is 5.73 Å². The fourth-order valence-corrected chi connectivity index (χ4v) is 2.31. The number of aromatic nitrogens is 3. The molecule has 0 atom stereocenters. The van der Waals surface area contributed by atoms with Crippen LogP contribution in [-0.2, 0) is 6.61 Å². The number of hydrogen-bond acceptors (Lipinski definition) is 6. The lowest BCUT2D eigenvalue weighted by Gasteiger charge is -2.03. The molecule has 0 aliphatic rings. The summed E-state index contributed by atoms with van der Waals surface area (Å²) < 4.78 is 5.61. The first-order chi connectivity index (χ1) is 8.81. The average Bonchev–Trinajstić information content (AvgIpc) is 2.79. The molecule has 3 rings (SSSR count). The number of anilines is 1. The third kappa shape index (κ3) is 2.23. The van der Waals surface area contributed by atoms with Crippen LogP contribution in [0.15, 0.2) is 36.7 Å². The van der Waals surface area contributed by atoms with Crippen LogP contribution < -0.4 is 10.5 Å². The Morgan fingerprint density at radius 1 is 1.22 bits per heavy atom. The maximum Gasteiger partial charge on any atom is 0.189 e. The molecular weight excluding hydrogens is 248 g/mol. The molecule has 2 heterocycles. The molecule has 6 heteroatoms. The molecule has 0 saturated carbocycles. The van der Waals surface area contributed by atoms with Crippen molar-refractivity contribution in [2.45, 2.75) is 6.61 Å². The molecule has 0 unspecified atom stereocenters. The Labute approximate surface area is 107 Å². The smallest absolute Gasteiger partial charge is 0.189 e. The van der Waals surface area contributed by atoms with E-state index in [0.29, 0.717) is 17.9 Å². The summed E-state index contributed by atoms with van der Waals surface area (Å²) in [6, 6.07) is 7.31. The van der Waals surface area contributed by atoms with Gasteiger partial charge in [-0.15, -0.1) is 0 Å². The van der Waals surface area contributed by atoms with Gasteiger partial charge in [0.1, 0.15) is 17.4 Å². The highest BCUT2D eigenvalue weighted by molar-refractivity contribution is 7.18. The first-order valence-electron chi connectivity index (χ1n) is 5.36. The van der Waals surface area contributed by atoms with Gasteiger partial charge < -0.3 is 10.5 Å². The Bertz CT molecular complexity index is 649. The Kier molecular flexibility index (Phi) is 2.77. The molecule has 0 amide bonds. The van der Waals surface area contributed by atoms with E-state index in [-0.39, 0.29) is 0 Å². The van der Waals surface area contributed by atoms with Crippen LogP contribution in [-0.4, -0.2) is 15.0 Å². The Morgan fingerprint density at radius 3 is 2.94 bits per heavy atom. The number of fused-ring (bicyclic) bond motifs is 1. The zero-order chi connectivity index (χ0) is 12.4. The van der Waals surface area contributed by atoms with Gasteiger partial charge >= 0.3 is 0 Å². The fourth-order valence-electron chi connectivity index (χ4n) is 1.53. The summed E-state index contributed by atoms with van der Waals surface area (Å²) in [5, 5.41) is 0.846. The summed E-state index contributed by atoms with van der Waals surface area (Å²) in [6.45, 7) is 0.395. The molecule has 18 heavy (non-hydrogen) atoms. The largest absolute Gasteiger partial charge is 0.486 e. The predicted octanol–water partition coefficient (Wildman–Crippen LogP) is 2.25. The van der Waals surface area contributed by atoms with Crippen molar-refractivity contribution in [2.24, 2.45) is 0 Å². The Morgan fingerprint density at radius 2 is 2.11 bits per heavy atom. The molecule has 0 spiro atoms. The number of nitrogens with two attached hydrogens (primary N) is 1. The van der Waals surface area contributed by atoms with Gasteiger partial charge in [0.25, 0.3) is 0 Å².